The van der Waals surface area contributed by atoms with Crippen LogP contribution in [0.5, 0.6) is 0 Å². The average molecular weight is 352 g/mol. The van der Waals surface area contributed by atoms with Crippen molar-refractivity contribution in [1.29, 1.82) is 0 Å². The second-order valence-corrected chi connectivity index (χ2v) is 6.45. The third-order valence-electron chi connectivity index (χ3n) is 3.92. The molecule has 0 spiro atoms. The largest absolute Gasteiger partial charge is 0.355 e. The number of rotatable bonds is 5. The molecule has 4 nitrogen and oxygen atoms in total. The second-order valence-electron chi connectivity index (χ2n) is 5.59. The molecule has 1 atom stereocenters. The maximum absolute atomic E-state index is 12.0. The molecule has 2 heterocycles. The Morgan fingerprint density at radius 2 is 2.17 bits per heavy atom. The molecular weight excluding hydrogens is 330 g/mol. The molecule has 6 heteroatoms. The van der Waals surface area contributed by atoms with Gasteiger partial charge in [0.1, 0.15) is 5.01 Å². The molecule has 0 aliphatic carbocycles. The number of nitrogens with zero attached hydrogens (tertiary/aromatic N) is 1. The predicted octanol–water partition coefficient (Wildman–Crippen LogP) is 2.89. The molecular formula is C17H22ClN3OS. The van der Waals surface area contributed by atoms with Crippen LogP contribution in [0.25, 0.3) is 10.6 Å². The first-order valence-corrected chi connectivity index (χ1v) is 8.69. The van der Waals surface area contributed by atoms with E-state index >= 15 is 0 Å². The van der Waals surface area contributed by atoms with E-state index in [-0.39, 0.29) is 24.2 Å². The van der Waals surface area contributed by atoms with Crippen LogP contribution in [0.2, 0.25) is 0 Å². The van der Waals surface area contributed by atoms with E-state index in [0.29, 0.717) is 6.54 Å². The SMILES string of the molecule is Cl.O=C(NCCc1csc(-c2ccccc2)n1)C1CCCNC1. The first-order valence-electron chi connectivity index (χ1n) is 7.81. The number of aromatic nitrogens is 1. The average Bonchev–Trinajstić information content (AvgIpc) is 3.05. The fourth-order valence-electron chi connectivity index (χ4n) is 2.67. The monoisotopic (exact) mass is 351 g/mol. The van der Waals surface area contributed by atoms with Crippen molar-refractivity contribution in [2.75, 3.05) is 19.6 Å². The highest BCUT2D eigenvalue weighted by Crippen LogP contribution is 2.23. The van der Waals surface area contributed by atoms with E-state index in [1.165, 1.54) is 0 Å². The summed E-state index contributed by atoms with van der Waals surface area (Å²) in [7, 11) is 0. The molecule has 1 amide bonds. The number of nitrogens with one attached hydrogen (secondary N) is 2. The van der Waals surface area contributed by atoms with Crippen LogP contribution in [-0.4, -0.2) is 30.5 Å². The number of carbonyl (C=O) groups excluding carboxylic acids is 1. The van der Waals surface area contributed by atoms with Gasteiger partial charge in [0.05, 0.1) is 11.6 Å². The molecule has 1 aliphatic rings. The summed E-state index contributed by atoms with van der Waals surface area (Å²) < 4.78 is 0. The van der Waals surface area contributed by atoms with Crippen LogP contribution >= 0.6 is 23.7 Å². The van der Waals surface area contributed by atoms with Crippen molar-refractivity contribution >= 4 is 29.7 Å². The molecule has 0 radical (unpaired) electrons. The van der Waals surface area contributed by atoms with Gasteiger partial charge in [-0.2, -0.15) is 0 Å². The normalized spacial score (nSPS) is 17.3. The van der Waals surface area contributed by atoms with E-state index in [9.17, 15) is 4.79 Å². The van der Waals surface area contributed by atoms with Crippen LogP contribution in [-0.2, 0) is 11.2 Å². The van der Waals surface area contributed by atoms with Crippen molar-refractivity contribution in [3.8, 4) is 10.6 Å². The fraction of sp³-hybridized carbons (Fsp3) is 0.412. The van der Waals surface area contributed by atoms with Gasteiger partial charge in [-0.3, -0.25) is 4.79 Å². The summed E-state index contributed by atoms with van der Waals surface area (Å²) in [5, 5.41) is 9.43. The standard InChI is InChI=1S/C17H21N3OS.ClH/c21-16(14-7-4-9-18-11-14)19-10-8-15-12-22-17(20-15)13-5-2-1-3-6-13;/h1-3,5-6,12,14,18H,4,7-11H2,(H,19,21);1H. The predicted molar refractivity (Wildman–Crippen MR) is 97.1 cm³/mol. The molecule has 2 aromatic rings. The molecule has 2 N–H and O–H groups in total. The van der Waals surface area contributed by atoms with Gasteiger partial charge in [0.15, 0.2) is 0 Å². The summed E-state index contributed by atoms with van der Waals surface area (Å²) >= 11 is 1.66. The number of hydrogen-bond donors (Lipinski definition) is 2. The molecule has 0 saturated carbocycles. The summed E-state index contributed by atoms with van der Waals surface area (Å²) in [5.74, 6) is 0.301. The Morgan fingerprint density at radius 1 is 1.35 bits per heavy atom. The zero-order valence-electron chi connectivity index (χ0n) is 13.0. The molecule has 1 aromatic heterocycles. The molecule has 124 valence electrons. The van der Waals surface area contributed by atoms with Gasteiger partial charge >= 0.3 is 0 Å². The lowest BCUT2D eigenvalue weighted by atomic mass is 9.99. The molecule has 0 bridgehead atoms. The molecule has 3 rings (SSSR count). The highest BCUT2D eigenvalue weighted by Gasteiger charge is 2.20. The lowest BCUT2D eigenvalue weighted by Crippen LogP contribution is -2.41. The van der Waals surface area contributed by atoms with Gasteiger partial charge in [-0.05, 0) is 19.4 Å². The molecule has 23 heavy (non-hydrogen) atoms. The summed E-state index contributed by atoms with van der Waals surface area (Å²) in [4.78, 5) is 16.7. The molecule has 1 aromatic carbocycles. The van der Waals surface area contributed by atoms with Crippen LogP contribution in [0, 0.1) is 5.92 Å². The number of benzene rings is 1. The van der Waals surface area contributed by atoms with E-state index in [4.69, 9.17) is 0 Å². The zero-order chi connectivity index (χ0) is 15.2. The fourth-order valence-corrected chi connectivity index (χ4v) is 3.53. The third kappa shape index (κ3) is 5.03. The molecule has 1 fully saturated rings. The lowest BCUT2D eigenvalue weighted by molar-refractivity contribution is -0.125. The Bertz CT molecular complexity index is 611. The first-order chi connectivity index (χ1) is 10.8. The Hall–Kier alpha value is -1.43. The summed E-state index contributed by atoms with van der Waals surface area (Å²) in [6.45, 7) is 2.50. The van der Waals surface area contributed by atoms with Crippen molar-refractivity contribution < 1.29 is 4.79 Å². The summed E-state index contributed by atoms with van der Waals surface area (Å²) in [5.41, 5.74) is 2.20. The quantitative estimate of drug-likeness (QED) is 0.870. The van der Waals surface area contributed by atoms with E-state index in [1.54, 1.807) is 11.3 Å². The third-order valence-corrected chi connectivity index (χ3v) is 4.86. The topological polar surface area (TPSA) is 54.0 Å². The van der Waals surface area contributed by atoms with Crippen molar-refractivity contribution in [3.05, 3.63) is 41.4 Å². The number of hydrogen-bond acceptors (Lipinski definition) is 4. The smallest absolute Gasteiger partial charge is 0.224 e. The van der Waals surface area contributed by atoms with Gasteiger partial charge in [0.25, 0.3) is 0 Å². The maximum Gasteiger partial charge on any atom is 0.224 e. The van der Waals surface area contributed by atoms with Crippen LogP contribution in [0.15, 0.2) is 35.7 Å². The van der Waals surface area contributed by atoms with Crippen molar-refractivity contribution in [3.63, 3.8) is 0 Å². The van der Waals surface area contributed by atoms with Crippen molar-refractivity contribution in [2.45, 2.75) is 19.3 Å². The van der Waals surface area contributed by atoms with E-state index in [0.717, 1.165) is 48.6 Å². The van der Waals surface area contributed by atoms with E-state index < -0.39 is 0 Å². The Labute approximate surface area is 147 Å². The number of halogens is 1. The van der Waals surface area contributed by atoms with Gasteiger partial charge < -0.3 is 10.6 Å². The minimum atomic E-state index is 0. The Kier molecular flexibility index (Phi) is 7.02. The van der Waals surface area contributed by atoms with Crippen LogP contribution < -0.4 is 10.6 Å². The Morgan fingerprint density at radius 3 is 2.91 bits per heavy atom. The molecule has 1 aliphatic heterocycles. The maximum atomic E-state index is 12.0. The van der Waals surface area contributed by atoms with E-state index in [1.807, 2.05) is 18.2 Å². The molecule has 1 saturated heterocycles. The molecule has 1 unspecified atom stereocenters. The minimum absolute atomic E-state index is 0. The highest BCUT2D eigenvalue weighted by molar-refractivity contribution is 7.13. The van der Waals surface area contributed by atoms with E-state index in [2.05, 4.69) is 33.1 Å². The number of amides is 1. The second kappa shape index (κ2) is 9.01. The van der Waals surface area contributed by atoms with Crippen LogP contribution in [0.4, 0.5) is 0 Å². The van der Waals surface area contributed by atoms with Gasteiger partial charge in [-0.25, -0.2) is 4.98 Å². The number of carbonyl (C=O) groups is 1. The van der Waals surface area contributed by atoms with Crippen molar-refractivity contribution in [2.24, 2.45) is 5.92 Å². The highest BCUT2D eigenvalue weighted by atomic mass is 35.5. The van der Waals surface area contributed by atoms with Gasteiger partial charge in [-0.1, -0.05) is 30.3 Å². The van der Waals surface area contributed by atoms with Gasteiger partial charge in [0.2, 0.25) is 5.91 Å². The minimum Gasteiger partial charge on any atom is -0.355 e. The van der Waals surface area contributed by atoms with Gasteiger partial charge in [-0.15, -0.1) is 23.7 Å². The Balaban J connectivity index is 0.00000192. The lowest BCUT2D eigenvalue weighted by Gasteiger charge is -2.21. The zero-order valence-corrected chi connectivity index (χ0v) is 14.6. The first kappa shape index (κ1) is 17.9. The number of piperidine rings is 1. The van der Waals surface area contributed by atoms with Crippen LogP contribution in [0.1, 0.15) is 18.5 Å². The number of thiazole rings is 1. The summed E-state index contributed by atoms with van der Waals surface area (Å²) in [6, 6.07) is 10.2. The van der Waals surface area contributed by atoms with Gasteiger partial charge in [0, 0.05) is 30.5 Å². The van der Waals surface area contributed by atoms with Crippen molar-refractivity contribution in [1.82, 2.24) is 15.6 Å². The van der Waals surface area contributed by atoms with Crippen LogP contribution in [0.3, 0.4) is 0 Å². The summed E-state index contributed by atoms with van der Waals surface area (Å²) in [6.07, 6.45) is 2.87.